The minimum Gasteiger partial charge on any atom is -0.355 e. The lowest BCUT2D eigenvalue weighted by Crippen LogP contribution is -2.17. The third kappa shape index (κ3) is 3.66. The van der Waals surface area contributed by atoms with Crippen LogP contribution >= 0.6 is 0 Å². The number of hydrogen-bond donors (Lipinski definition) is 2. The highest BCUT2D eigenvalue weighted by atomic mass is 16.1. The van der Waals surface area contributed by atoms with Gasteiger partial charge in [0, 0.05) is 30.1 Å². The summed E-state index contributed by atoms with van der Waals surface area (Å²) in [6.07, 6.45) is 1.74. The SMILES string of the molecule is CNC(=O)c1ccc(Nc2nccc(-c3cccc(C)c3C)n2)cc1. The molecule has 25 heavy (non-hydrogen) atoms. The summed E-state index contributed by atoms with van der Waals surface area (Å²) < 4.78 is 0. The van der Waals surface area contributed by atoms with Crippen LogP contribution in [-0.2, 0) is 0 Å². The maximum Gasteiger partial charge on any atom is 0.251 e. The molecular weight excluding hydrogens is 312 g/mol. The van der Waals surface area contributed by atoms with E-state index in [1.54, 1.807) is 25.4 Å². The molecule has 3 rings (SSSR count). The molecule has 5 nitrogen and oxygen atoms in total. The van der Waals surface area contributed by atoms with Gasteiger partial charge in [0.15, 0.2) is 0 Å². The second kappa shape index (κ2) is 7.13. The molecule has 0 aliphatic rings. The molecule has 0 aliphatic carbocycles. The Hall–Kier alpha value is -3.21. The van der Waals surface area contributed by atoms with Gasteiger partial charge in [0.1, 0.15) is 0 Å². The van der Waals surface area contributed by atoms with Crippen LogP contribution in [0, 0.1) is 13.8 Å². The molecule has 0 fully saturated rings. The van der Waals surface area contributed by atoms with Crippen LogP contribution in [-0.4, -0.2) is 22.9 Å². The van der Waals surface area contributed by atoms with Crippen molar-refractivity contribution in [1.82, 2.24) is 15.3 Å². The smallest absolute Gasteiger partial charge is 0.251 e. The lowest BCUT2D eigenvalue weighted by molar-refractivity contribution is 0.0963. The summed E-state index contributed by atoms with van der Waals surface area (Å²) in [4.78, 5) is 20.5. The second-order valence-electron chi connectivity index (χ2n) is 5.79. The molecule has 1 amide bonds. The molecular formula is C20H20N4O. The predicted octanol–water partition coefficient (Wildman–Crippen LogP) is 3.86. The number of benzene rings is 2. The topological polar surface area (TPSA) is 66.9 Å². The normalized spacial score (nSPS) is 10.4. The van der Waals surface area contributed by atoms with Crippen molar-refractivity contribution in [2.45, 2.75) is 13.8 Å². The van der Waals surface area contributed by atoms with E-state index in [4.69, 9.17) is 0 Å². The number of amides is 1. The average Bonchev–Trinajstić information content (AvgIpc) is 2.64. The van der Waals surface area contributed by atoms with Crippen molar-refractivity contribution in [2.24, 2.45) is 0 Å². The first kappa shape index (κ1) is 16.6. The Balaban J connectivity index is 1.85. The number of carbonyl (C=O) groups is 1. The molecule has 5 heteroatoms. The van der Waals surface area contributed by atoms with Gasteiger partial charge in [-0.2, -0.15) is 0 Å². The largest absolute Gasteiger partial charge is 0.355 e. The third-order valence-corrected chi connectivity index (χ3v) is 4.17. The van der Waals surface area contributed by atoms with Crippen molar-refractivity contribution >= 4 is 17.5 Å². The zero-order chi connectivity index (χ0) is 17.8. The van der Waals surface area contributed by atoms with Crippen molar-refractivity contribution in [3.05, 3.63) is 71.4 Å². The zero-order valence-corrected chi connectivity index (χ0v) is 14.5. The first-order valence-corrected chi connectivity index (χ1v) is 8.07. The Morgan fingerprint density at radius 2 is 1.76 bits per heavy atom. The van der Waals surface area contributed by atoms with E-state index in [1.807, 2.05) is 24.3 Å². The Morgan fingerprint density at radius 3 is 2.48 bits per heavy atom. The summed E-state index contributed by atoms with van der Waals surface area (Å²) in [5.41, 5.74) is 5.85. The summed E-state index contributed by atoms with van der Waals surface area (Å²) in [5, 5.41) is 5.78. The summed E-state index contributed by atoms with van der Waals surface area (Å²) in [5.74, 6) is 0.408. The highest BCUT2D eigenvalue weighted by Gasteiger charge is 2.07. The van der Waals surface area contributed by atoms with E-state index in [-0.39, 0.29) is 5.91 Å². The van der Waals surface area contributed by atoms with Gasteiger partial charge in [0.25, 0.3) is 5.91 Å². The Bertz CT molecular complexity index is 904. The van der Waals surface area contributed by atoms with Gasteiger partial charge in [-0.05, 0) is 55.3 Å². The Kier molecular flexibility index (Phi) is 4.75. The van der Waals surface area contributed by atoms with Gasteiger partial charge in [-0.15, -0.1) is 0 Å². The average molecular weight is 332 g/mol. The fraction of sp³-hybridized carbons (Fsp3) is 0.150. The molecule has 0 radical (unpaired) electrons. The lowest BCUT2D eigenvalue weighted by atomic mass is 10.0. The zero-order valence-electron chi connectivity index (χ0n) is 14.5. The van der Waals surface area contributed by atoms with Gasteiger partial charge in [-0.25, -0.2) is 9.97 Å². The van der Waals surface area contributed by atoms with Crippen LogP contribution in [0.3, 0.4) is 0 Å². The summed E-state index contributed by atoms with van der Waals surface area (Å²) in [6.45, 7) is 4.19. The van der Waals surface area contributed by atoms with Gasteiger partial charge in [0.2, 0.25) is 5.95 Å². The lowest BCUT2D eigenvalue weighted by Gasteiger charge is -2.10. The third-order valence-electron chi connectivity index (χ3n) is 4.17. The number of aryl methyl sites for hydroxylation is 1. The van der Waals surface area contributed by atoms with Crippen molar-refractivity contribution in [2.75, 3.05) is 12.4 Å². The standard InChI is InChI=1S/C20H20N4O/c1-13-5-4-6-17(14(13)2)18-11-12-22-20(24-18)23-16-9-7-15(8-10-16)19(25)21-3/h4-12H,1-3H3,(H,21,25)(H,22,23,24). The summed E-state index contributed by atoms with van der Waals surface area (Å²) >= 11 is 0. The number of rotatable bonds is 4. The van der Waals surface area contributed by atoms with Crippen molar-refractivity contribution in [1.29, 1.82) is 0 Å². The Labute approximate surface area is 147 Å². The molecule has 0 bridgehead atoms. The van der Waals surface area contributed by atoms with Crippen molar-refractivity contribution in [3.8, 4) is 11.3 Å². The monoisotopic (exact) mass is 332 g/mol. The number of hydrogen-bond acceptors (Lipinski definition) is 4. The number of nitrogens with one attached hydrogen (secondary N) is 2. The highest BCUT2D eigenvalue weighted by molar-refractivity contribution is 5.94. The molecule has 1 aromatic heterocycles. The molecule has 0 spiro atoms. The number of nitrogens with zero attached hydrogens (tertiary/aromatic N) is 2. The van der Waals surface area contributed by atoms with Gasteiger partial charge in [-0.3, -0.25) is 4.79 Å². The van der Waals surface area contributed by atoms with Gasteiger partial charge >= 0.3 is 0 Å². The van der Waals surface area contributed by atoms with Crippen LogP contribution in [0.1, 0.15) is 21.5 Å². The number of anilines is 2. The van der Waals surface area contributed by atoms with E-state index in [0.717, 1.165) is 16.9 Å². The quantitative estimate of drug-likeness (QED) is 0.761. The second-order valence-corrected chi connectivity index (χ2v) is 5.79. The maximum atomic E-state index is 11.6. The molecule has 2 N–H and O–H groups in total. The Morgan fingerprint density at radius 1 is 1.00 bits per heavy atom. The van der Waals surface area contributed by atoms with Crippen LogP contribution < -0.4 is 10.6 Å². The van der Waals surface area contributed by atoms with Crippen LogP contribution in [0.25, 0.3) is 11.3 Å². The van der Waals surface area contributed by atoms with Crippen molar-refractivity contribution < 1.29 is 4.79 Å². The minimum absolute atomic E-state index is 0.111. The maximum absolute atomic E-state index is 11.6. The van der Waals surface area contributed by atoms with Crippen molar-refractivity contribution in [3.63, 3.8) is 0 Å². The first-order valence-electron chi connectivity index (χ1n) is 8.07. The first-order chi connectivity index (χ1) is 12.1. The van der Waals surface area contributed by atoms with E-state index in [0.29, 0.717) is 11.5 Å². The minimum atomic E-state index is -0.111. The van der Waals surface area contributed by atoms with Crippen LogP contribution in [0.15, 0.2) is 54.7 Å². The van der Waals surface area contributed by atoms with Gasteiger partial charge in [0.05, 0.1) is 5.69 Å². The number of carbonyl (C=O) groups excluding carboxylic acids is 1. The van der Waals surface area contributed by atoms with E-state index >= 15 is 0 Å². The van der Waals surface area contributed by atoms with E-state index in [9.17, 15) is 4.79 Å². The van der Waals surface area contributed by atoms with Crippen LogP contribution in [0.5, 0.6) is 0 Å². The van der Waals surface area contributed by atoms with Crippen LogP contribution in [0.2, 0.25) is 0 Å². The van der Waals surface area contributed by atoms with Gasteiger partial charge < -0.3 is 10.6 Å². The van der Waals surface area contributed by atoms with E-state index in [2.05, 4.69) is 46.6 Å². The molecule has 0 aliphatic heterocycles. The molecule has 0 unspecified atom stereocenters. The van der Waals surface area contributed by atoms with E-state index in [1.165, 1.54) is 11.1 Å². The molecule has 2 aromatic carbocycles. The fourth-order valence-corrected chi connectivity index (χ4v) is 2.58. The highest BCUT2D eigenvalue weighted by Crippen LogP contribution is 2.24. The predicted molar refractivity (Wildman–Crippen MR) is 100 cm³/mol. The summed E-state index contributed by atoms with van der Waals surface area (Å²) in [6, 6.07) is 15.3. The molecule has 0 saturated heterocycles. The molecule has 1 heterocycles. The number of aromatic nitrogens is 2. The molecule has 3 aromatic rings. The van der Waals surface area contributed by atoms with Crippen LogP contribution in [0.4, 0.5) is 11.6 Å². The molecule has 126 valence electrons. The fourth-order valence-electron chi connectivity index (χ4n) is 2.58. The molecule has 0 atom stereocenters. The van der Waals surface area contributed by atoms with E-state index < -0.39 is 0 Å². The molecule has 0 saturated carbocycles. The van der Waals surface area contributed by atoms with Gasteiger partial charge in [-0.1, -0.05) is 18.2 Å². The summed E-state index contributed by atoms with van der Waals surface area (Å²) in [7, 11) is 1.61.